The zero-order valence-corrected chi connectivity index (χ0v) is 21.0. The van der Waals surface area contributed by atoms with Crippen molar-refractivity contribution in [2.75, 3.05) is 0 Å². The van der Waals surface area contributed by atoms with Crippen LogP contribution in [-0.4, -0.2) is 5.71 Å². The molecule has 1 heterocycles. The van der Waals surface area contributed by atoms with E-state index >= 15 is 0 Å². The van der Waals surface area contributed by atoms with Gasteiger partial charge in [-0.05, 0) is 64.6 Å². The summed E-state index contributed by atoms with van der Waals surface area (Å²) in [7, 11) is 0. The van der Waals surface area contributed by atoms with E-state index < -0.39 is 0 Å². The lowest BCUT2D eigenvalue weighted by molar-refractivity contribution is 0.669. The number of hydrogen-bond donors (Lipinski definition) is 0. The molecule has 0 amide bonds. The molecular weight excluding hydrogens is 450 g/mol. The third-order valence-electron chi connectivity index (χ3n) is 6.86. The lowest BCUT2D eigenvalue weighted by atomic mass is 9.96. The maximum absolute atomic E-state index is 6.16. The van der Waals surface area contributed by atoms with Crippen molar-refractivity contribution in [1.29, 1.82) is 0 Å². The minimum atomic E-state index is 0.627. The van der Waals surface area contributed by atoms with Crippen molar-refractivity contribution in [2.45, 2.75) is 26.3 Å². The Kier molecular flexibility index (Phi) is 6.39. The largest absolute Gasteiger partial charge is 0.456 e. The Balaban J connectivity index is 1.45. The lowest BCUT2D eigenvalue weighted by Gasteiger charge is -2.12. The van der Waals surface area contributed by atoms with E-state index in [4.69, 9.17) is 9.41 Å². The average Bonchev–Trinajstić information content (AvgIpc) is 3.35. The van der Waals surface area contributed by atoms with Gasteiger partial charge in [0.15, 0.2) is 0 Å². The summed E-state index contributed by atoms with van der Waals surface area (Å²) in [5.74, 6) is 0. The highest BCUT2D eigenvalue weighted by Gasteiger charge is 2.14. The van der Waals surface area contributed by atoms with Crippen LogP contribution in [-0.2, 0) is 6.54 Å². The van der Waals surface area contributed by atoms with Crippen LogP contribution >= 0.6 is 0 Å². The topological polar surface area (TPSA) is 25.5 Å². The van der Waals surface area contributed by atoms with E-state index in [-0.39, 0.29) is 0 Å². The zero-order valence-electron chi connectivity index (χ0n) is 21.0. The van der Waals surface area contributed by atoms with Crippen molar-refractivity contribution in [2.24, 2.45) is 4.99 Å². The first kappa shape index (κ1) is 23.0. The Hall–Kier alpha value is -4.43. The van der Waals surface area contributed by atoms with Gasteiger partial charge in [-0.25, -0.2) is 0 Å². The van der Waals surface area contributed by atoms with E-state index in [9.17, 15) is 0 Å². The summed E-state index contributed by atoms with van der Waals surface area (Å²) >= 11 is 0. The van der Waals surface area contributed by atoms with Gasteiger partial charge in [0, 0.05) is 22.0 Å². The molecule has 2 heteroatoms. The highest BCUT2D eigenvalue weighted by atomic mass is 16.3. The molecule has 0 aliphatic carbocycles. The maximum Gasteiger partial charge on any atom is 0.136 e. The van der Waals surface area contributed by atoms with E-state index in [1.165, 1.54) is 33.4 Å². The second-order valence-corrected chi connectivity index (χ2v) is 9.44. The maximum atomic E-state index is 6.16. The number of fused-ring (bicyclic) bond motifs is 3. The molecule has 0 aliphatic rings. The van der Waals surface area contributed by atoms with Crippen molar-refractivity contribution in [3.05, 3.63) is 132 Å². The van der Waals surface area contributed by atoms with E-state index in [0.717, 1.165) is 40.5 Å². The molecule has 180 valence electrons. The number of rotatable bonds is 7. The van der Waals surface area contributed by atoms with Crippen molar-refractivity contribution < 1.29 is 4.42 Å². The van der Waals surface area contributed by atoms with E-state index in [1.807, 2.05) is 12.1 Å². The standard InChI is InChI=1S/C35H29NO/c1-2-12-32(30-18-11-20-34-35(30)31-17-9-10-19-33(31)37-34)36-24-25-21-28(26-13-5-3-6-14-26)23-29(22-25)27-15-7-4-8-16-27/h3-11,13-23H,2,12,24H2,1H3. The molecule has 0 unspecified atom stereocenters. The van der Waals surface area contributed by atoms with Crippen molar-refractivity contribution in [1.82, 2.24) is 0 Å². The van der Waals surface area contributed by atoms with Crippen LogP contribution in [0.5, 0.6) is 0 Å². The Morgan fingerprint density at radius 3 is 1.92 bits per heavy atom. The molecule has 0 fully saturated rings. The highest BCUT2D eigenvalue weighted by molar-refractivity contribution is 6.18. The number of aliphatic imine (C=N–C) groups is 1. The molecule has 2 nitrogen and oxygen atoms in total. The predicted octanol–water partition coefficient (Wildman–Crippen LogP) is 9.71. The van der Waals surface area contributed by atoms with Crippen molar-refractivity contribution in [3.63, 3.8) is 0 Å². The molecule has 0 aliphatic heterocycles. The first-order chi connectivity index (χ1) is 18.3. The van der Waals surface area contributed by atoms with Crippen LogP contribution in [0.3, 0.4) is 0 Å². The van der Waals surface area contributed by atoms with Gasteiger partial charge in [0.25, 0.3) is 0 Å². The third kappa shape index (κ3) is 4.71. The smallest absolute Gasteiger partial charge is 0.136 e. The minimum Gasteiger partial charge on any atom is -0.456 e. The van der Waals surface area contributed by atoms with Crippen molar-refractivity contribution >= 4 is 27.7 Å². The lowest BCUT2D eigenvalue weighted by Crippen LogP contribution is -2.02. The number of hydrogen-bond acceptors (Lipinski definition) is 2. The van der Waals surface area contributed by atoms with Crippen LogP contribution in [0.25, 0.3) is 44.2 Å². The summed E-state index contributed by atoms with van der Waals surface area (Å²) in [6.45, 7) is 2.84. The molecular formula is C35H29NO. The predicted molar refractivity (Wildman–Crippen MR) is 156 cm³/mol. The van der Waals surface area contributed by atoms with Gasteiger partial charge < -0.3 is 4.42 Å². The summed E-state index contributed by atoms with van der Waals surface area (Å²) in [6.07, 6.45) is 1.95. The molecule has 0 bridgehead atoms. The second-order valence-electron chi connectivity index (χ2n) is 9.44. The van der Waals surface area contributed by atoms with E-state index in [0.29, 0.717) is 6.54 Å². The quantitative estimate of drug-likeness (QED) is 0.209. The monoisotopic (exact) mass is 479 g/mol. The Labute approximate surface area is 217 Å². The van der Waals surface area contributed by atoms with E-state index in [2.05, 4.69) is 116 Å². The summed E-state index contributed by atoms with van der Waals surface area (Å²) in [6, 6.07) is 42.6. The van der Waals surface area contributed by atoms with Gasteiger partial charge in [-0.3, -0.25) is 4.99 Å². The van der Waals surface area contributed by atoms with Crippen LogP contribution in [0.15, 0.2) is 131 Å². The van der Waals surface area contributed by atoms with Crippen LogP contribution in [0, 0.1) is 0 Å². The number of benzene rings is 5. The van der Waals surface area contributed by atoms with Gasteiger partial charge >= 0.3 is 0 Å². The second kappa shape index (κ2) is 10.3. The number of furan rings is 1. The molecule has 5 aromatic carbocycles. The Bertz CT molecular complexity index is 1640. The van der Waals surface area contributed by atoms with Gasteiger partial charge in [0.1, 0.15) is 11.2 Å². The fourth-order valence-corrected chi connectivity index (χ4v) is 5.12. The van der Waals surface area contributed by atoms with Gasteiger partial charge in [0.05, 0.1) is 6.54 Å². The number of nitrogens with zero attached hydrogens (tertiary/aromatic N) is 1. The van der Waals surface area contributed by atoms with Crippen LogP contribution in [0.1, 0.15) is 30.9 Å². The minimum absolute atomic E-state index is 0.627. The highest BCUT2D eigenvalue weighted by Crippen LogP contribution is 2.33. The molecule has 1 aromatic heterocycles. The average molecular weight is 480 g/mol. The Morgan fingerprint density at radius 2 is 1.24 bits per heavy atom. The summed E-state index contributed by atoms with van der Waals surface area (Å²) in [5, 5.41) is 2.31. The van der Waals surface area contributed by atoms with E-state index in [1.54, 1.807) is 0 Å². The molecule has 6 aromatic rings. The molecule has 0 N–H and O–H groups in total. The molecule has 0 spiro atoms. The van der Waals surface area contributed by atoms with Crippen molar-refractivity contribution in [3.8, 4) is 22.3 Å². The molecule has 0 radical (unpaired) electrons. The third-order valence-corrected chi connectivity index (χ3v) is 6.86. The van der Waals surface area contributed by atoms with Gasteiger partial charge in [-0.1, -0.05) is 104 Å². The summed E-state index contributed by atoms with van der Waals surface area (Å²) in [4.78, 5) is 5.24. The van der Waals surface area contributed by atoms with Gasteiger partial charge in [-0.2, -0.15) is 0 Å². The molecule has 0 saturated carbocycles. The molecule has 37 heavy (non-hydrogen) atoms. The van der Waals surface area contributed by atoms with Gasteiger partial charge in [-0.15, -0.1) is 0 Å². The fourth-order valence-electron chi connectivity index (χ4n) is 5.12. The first-order valence-electron chi connectivity index (χ1n) is 13.0. The summed E-state index contributed by atoms with van der Waals surface area (Å²) in [5.41, 5.74) is 10.2. The molecule has 0 atom stereocenters. The fraction of sp³-hybridized carbons (Fsp3) is 0.114. The van der Waals surface area contributed by atoms with Crippen LogP contribution < -0.4 is 0 Å². The summed E-state index contributed by atoms with van der Waals surface area (Å²) < 4.78 is 6.16. The van der Waals surface area contributed by atoms with Gasteiger partial charge in [0.2, 0.25) is 0 Å². The SMILES string of the molecule is CCCC(=NCc1cc(-c2ccccc2)cc(-c2ccccc2)c1)c1cccc2oc3ccccc3c12. The normalized spacial score (nSPS) is 11.9. The Morgan fingerprint density at radius 1 is 0.622 bits per heavy atom. The van der Waals surface area contributed by atoms with Crippen LogP contribution in [0.4, 0.5) is 0 Å². The molecule has 6 rings (SSSR count). The first-order valence-corrected chi connectivity index (χ1v) is 13.0. The number of para-hydroxylation sites is 1. The molecule has 0 saturated heterocycles. The van der Waals surface area contributed by atoms with Crippen LogP contribution in [0.2, 0.25) is 0 Å². The zero-order chi connectivity index (χ0) is 25.0.